The maximum atomic E-state index is 10.7. The second kappa shape index (κ2) is 3.00. The molecule has 0 radical (unpaired) electrons. The summed E-state index contributed by atoms with van der Waals surface area (Å²) in [6.45, 7) is 2.81. The number of carbonyl (C=O) groups excluding carboxylic acids is 1. The monoisotopic (exact) mass is 183 g/mol. The molecule has 0 aromatic carbocycles. The average Bonchev–Trinajstić information content (AvgIpc) is 2.64. The zero-order valence-corrected chi connectivity index (χ0v) is 7.10. The van der Waals surface area contributed by atoms with Crippen molar-refractivity contribution in [3.05, 3.63) is 5.82 Å². The third-order valence-electron chi connectivity index (χ3n) is 1.84. The molecule has 1 aliphatic rings. The van der Waals surface area contributed by atoms with Gasteiger partial charge in [-0.3, -0.25) is 0 Å². The molecular weight excluding hydrogens is 174 g/mol. The fourth-order valence-corrected chi connectivity index (χ4v) is 1.14. The Morgan fingerprint density at radius 3 is 3.15 bits per heavy atom. The van der Waals surface area contributed by atoms with Gasteiger partial charge in [0.2, 0.25) is 0 Å². The molecule has 0 saturated carbocycles. The number of hydrogen-bond donors (Lipinski definition) is 1. The van der Waals surface area contributed by atoms with Crippen LogP contribution in [0, 0.1) is 6.92 Å². The number of tetrazole rings is 1. The molecule has 1 aromatic heterocycles. The summed E-state index contributed by atoms with van der Waals surface area (Å²) in [6, 6.07) is 0. The summed E-state index contributed by atoms with van der Waals surface area (Å²) in [5.74, 6) is 0.711. The zero-order valence-electron chi connectivity index (χ0n) is 7.10. The number of aromatic nitrogens is 4. The van der Waals surface area contributed by atoms with Gasteiger partial charge in [0.15, 0.2) is 0 Å². The highest BCUT2D eigenvalue weighted by Crippen LogP contribution is 2.03. The molecule has 1 unspecified atom stereocenters. The first-order chi connectivity index (χ1) is 6.25. The third kappa shape index (κ3) is 1.58. The topological polar surface area (TPSA) is 81.9 Å². The summed E-state index contributed by atoms with van der Waals surface area (Å²) in [5.41, 5.74) is 0. The average molecular weight is 183 g/mol. The SMILES string of the molecule is Cc1nnnn1CC1CNC(=O)O1. The van der Waals surface area contributed by atoms with Crippen LogP contribution in [0.25, 0.3) is 0 Å². The predicted molar refractivity (Wildman–Crippen MR) is 40.8 cm³/mol. The number of nitrogens with zero attached hydrogens (tertiary/aromatic N) is 4. The molecule has 0 spiro atoms. The number of ether oxygens (including phenoxy) is 1. The van der Waals surface area contributed by atoms with Crippen molar-refractivity contribution in [3.8, 4) is 0 Å². The fraction of sp³-hybridized carbons (Fsp3) is 0.667. The zero-order chi connectivity index (χ0) is 9.26. The van der Waals surface area contributed by atoms with E-state index in [1.807, 2.05) is 0 Å². The Kier molecular flexibility index (Phi) is 1.84. The van der Waals surface area contributed by atoms with Gasteiger partial charge in [0.1, 0.15) is 11.9 Å². The Hall–Kier alpha value is -1.66. The van der Waals surface area contributed by atoms with Gasteiger partial charge in [0.05, 0.1) is 13.1 Å². The summed E-state index contributed by atoms with van der Waals surface area (Å²) in [7, 11) is 0. The lowest BCUT2D eigenvalue weighted by atomic mass is 10.3. The van der Waals surface area contributed by atoms with Gasteiger partial charge in [-0.1, -0.05) is 0 Å². The molecule has 1 saturated heterocycles. The number of rotatable bonds is 2. The van der Waals surface area contributed by atoms with Crippen molar-refractivity contribution in [3.63, 3.8) is 0 Å². The third-order valence-corrected chi connectivity index (χ3v) is 1.84. The molecule has 1 atom stereocenters. The van der Waals surface area contributed by atoms with Gasteiger partial charge in [-0.25, -0.2) is 9.48 Å². The van der Waals surface area contributed by atoms with Crippen molar-refractivity contribution in [2.75, 3.05) is 6.54 Å². The summed E-state index contributed by atoms with van der Waals surface area (Å²) in [4.78, 5) is 10.7. The molecule has 1 fully saturated rings. The minimum atomic E-state index is -0.379. The Bertz CT molecular complexity index is 323. The van der Waals surface area contributed by atoms with Gasteiger partial charge in [0.25, 0.3) is 0 Å². The minimum Gasteiger partial charge on any atom is -0.442 e. The van der Waals surface area contributed by atoms with Crippen LogP contribution in [0.2, 0.25) is 0 Å². The van der Waals surface area contributed by atoms with Gasteiger partial charge in [0, 0.05) is 0 Å². The molecule has 70 valence electrons. The highest BCUT2D eigenvalue weighted by molar-refractivity contribution is 5.69. The molecule has 2 rings (SSSR count). The van der Waals surface area contributed by atoms with E-state index in [4.69, 9.17) is 4.74 Å². The summed E-state index contributed by atoms with van der Waals surface area (Å²) in [6.07, 6.45) is -0.551. The lowest BCUT2D eigenvalue weighted by molar-refractivity contribution is 0.128. The molecule has 13 heavy (non-hydrogen) atoms. The Balaban J connectivity index is 1.99. The van der Waals surface area contributed by atoms with Crippen LogP contribution < -0.4 is 5.32 Å². The van der Waals surface area contributed by atoms with E-state index in [0.717, 1.165) is 0 Å². The van der Waals surface area contributed by atoms with Crippen LogP contribution in [0.1, 0.15) is 5.82 Å². The quantitative estimate of drug-likeness (QED) is 0.641. The molecule has 1 N–H and O–H groups in total. The smallest absolute Gasteiger partial charge is 0.407 e. The Morgan fingerprint density at radius 2 is 2.62 bits per heavy atom. The van der Waals surface area contributed by atoms with Crippen molar-refractivity contribution in [1.29, 1.82) is 0 Å². The van der Waals surface area contributed by atoms with Crippen LogP contribution in [-0.2, 0) is 11.3 Å². The number of nitrogens with one attached hydrogen (secondary N) is 1. The van der Waals surface area contributed by atoms with Crippen molar-refractivity contribution < 1.29 is 9.53 Å². The van der Waals surface area contributed by atoms with E-state index < -0.39 is 0 Å². The molecule has 0 bridgehead atoms. The molecule has 0 aliphatic carbocycles. The van der Waals surface area contributed by atoms with Gasteiger partial charge in [-0.15, -0.1) is 5.10 Å². The van der Waals surface area contributed by atoms with E-state index in [1.54, 1.807) is 11.6 Å². The largest absolute Gasteiger partial charge is 0.442 e. The molecular formula is C6H9N5O2. The van der Waals surface area contributed by atoms with Crippen molar-refractivity contribution in [2.24, 2.45) is 0 Å². The normalized spacial score (nSPS) is 21.3. The van der Waals surface area contributed by atoms with Crippen molar-refractivity contribution in [1.82, 2.24) is 25.5 Å². The van der Waals surface area contributed by atoms with Gasteiger partial charge in [-0.05, 0) is 17.4 Å². The van der Waals surface area contributed by atoms with Gasteiger partial charge < -0.3 is 10.1 Å². The predicted octanol–water partition coefficient (Wildman–Crippen LogP) is -0.910. The fourth-order valence-electron chi connectivity index (χ4n) is 1.14. The van der Waals surface area contributed by atoms with E-state index in [1.165, 1.54) is 0 Å². The Morgan fingerprint density at radius 1 is 1.77 bits per heavy atom. The molecule has 7 heteroatoms. The van der Waals surface area contributed by atoms with Gasteiger partial charge >= 0.3 is 6.09 Å². The molecule has 1 aromatic rings. The van der Waals surface area contributed by atoms with E-state index >= 15 is 0 Å². The van der Waals surface area contributed by atoms with Crippen molar-refractivity contribution in [2.45, 2.75) is 19.6 Å². The summed E-state index contributed by atoms with van der Waals surface area (Å²) >= 11 is 0. The van der Waals surface area contributed by atoms with Crippen LogP contribution in [0.4, 0.5) is 4.79 Å². The summed E-state index contributed by atoms with van der Waals surface area (Å²) in [5, 5.41) is 13.5. The van der Waals surface area contributed by atoms with Crippen LogP contribution in [0.5, 0.6) is 0 Å². The second-order valence-corrected chi connectivity index (χ2v) is 2.82. The number of amides is 1. The van der Waals surface area contributed by atoms with Crippen LogP contribution in [0.3, 0.4) is 0 Å². The van der Waals surface area contributed by atoms with Crippen LogP contribution in [-0.4, -0.2) is 38.9 Å². The minimum absolute atomic E-state index is 0.172. The van der Waals surface area contributed by atoms with E-state index in [-0.39, 0.29) is 12.2 Å². The van der Waals surface area contributed by atoms with Gasteiger partial charge in [-0.2, -0.15) is 0 Å². The lowest BCUT2D eigenvalue weighted by Crippen LogP contribution is -2.22. The second-order valence-electron chi connectivity index (χ2n) is 2.82. The molecule has 7 nitrogen and oxygen atoms in total. The molecule has 1 amide bonds. The first-order valence-electron chi connectivity index (χ1n) is 3.93. The standard InChI is InChI=1S/C6H9N5O2/c1-4-8-9-10-11(4)3-5-2-7-6(12)13-5/h5H,2-3H2,1H3,(H,7,12). The van der Waals surface area contributed by atoms with E-state index in [9.17, 15) is 4.79 Å². The van der Waals surface area contributed by atoms with Crippen molar-refractivity contribution >= 4 is 6.09 Å². The number of cyclic esters (lactones) is 1. The van der Waals surface area contributed by atoms with E-state index in [2.05, 4.69) is 20.8 Å². The van der Waals surface area contributed by atoms with E-state index in [0.29, 0.717) is 18.9 Å². The maximum absolute atomic E-state index is 10.7. The van der Waals surface area contributed by atoms with Crippen LogP contribution >= 0.6 is 0 Å². The first kappa shape index (κ1) is 7.96. The Labute approximate surface area is 74.1 Å². The number of alkyl carbamates (subject to hydrolysis) is 1. The summed E-state index contributed by atoms with van der Waals surface area (Å²) < 4.78 is 6.53. The highest BCUT2D eigenvalue weighted by atomic mass is 16.6. The molecule has 2 heterocycles. The molecule has 1 aliphatic heterocycles. The number of hydrogen-bond acceptors (Lipinski definition) is 5. The highest BCUT2D eigenvalue weighted by Gasteiger charge is 2.23. The first-order valence-corrected chi connectivity index (χ1v) is 3.93. The van der Waals surface area contributed by atoms with Crippen LogP contribution in [0.15, 0.2) is 0 Å². The maximum Gasteiger partial charge on any atom is 0.407 e. The lowest BCUT2D eigenvalue weighted by Gasteiger charge is -2.06. The number of carbonyl (C=O) groups is 1. The number of aryl methyl sites for hydroxylation is 1.